The molecular formula is C62H120NO8P. The Labute approximate surface area is 447 Å². The molecule has 0 radical (unpaired) electrons. The fourth-order valence-electron chi connectivity index (χ4n) is 9.16. The Morgan fingerprint density at radius 2 is 0.750 bits per heavy atom. The van der Waals surface area contributed by atoms with Crippen molar-refractivity contribution in [2.24, 2.45) is 0 Å². The van der Waals surface area contributed by atoms with Gasteiger partial charge in [0.15, 0.2) is 6.10 Å². The van der Waals surface area contributed by atoms with Crippen molar-refractivity contribution in [3.05, 3.63) is 24.3 Å². The molecule has 0 aliphatic rings. The molecule has 0 fully saturated rings. The molecule has 0 aliphatic carbocycles. The molecule has 0 N–H and O–H groups in total. The van der Waals surface area contributed by atoms with Crippen molar-refractivity contribution < 1.29 is 42.1 Å². The average molecular weight is 1040 g/mol. The number of phosphoric ester groups is 1. The van der Waals surface area contributed by atoms with Crippen LogP contribution in [0.5, 0.6) is 0 Å². The number of phosphoric acid groups is 1. The first-order valence-corrected chi connectivity index (χ1v) is 32.5. The number of ether oxygens (including phenoxy) is 2. The largest absolute Gasteiger partial charge is 0.756 e. The van der Waals surface area contributed by atoms with Gasteiger partial charge in [-0.3, -0.25) is 14.2 Å². The normalized spacial score (nSPS) is 13.4. The Balaban J connectivity index is 3.79. The van der Waals surface area contributed by atoms with Crippen LogP contribution >= 0.6 is 7.82 Å². The Morgan fingerprint density at radius 3 is 1.10 bits per heavy atom. The van der Waals surface area contributed by atoms with Gasteiger partial charge in [-0.1, -0.05) is 276 Å². The van der Waals surface area contributed by atoms with Crippen LogP contribution in [0.2, 0.25) is 0 Å². The average Bonchev–Trinajstić information content (AvgIpc) is 3.34. The second kappa shape index (κ2) is 54.3. The van der Waals surface area contributed by atoms with Gasteiger partial charge in [0.1, 0.15) is 19.8 Å². The van der Waals surface area contributed by atoms with E-state index >= 15 is 0 Å². The van der Waals surface area contributed by atoms with Crippen LogP contribution in [0.3, 0.4) is 0 Å². The monoisotopic (exact) mass is 1040 g/mol. The number of likely N-dealkylation sites (N-methyl/N-ethyl adjacent to an activating group) is 1. The Morgan fingerprint density at radius 1 is 0.431 bits per heavy atom. The number of hydrogen-bond acceptors (Lipinski definition) is 8. The van der Waals surface area contributed by atoms with Crippen LogP contribution in [-0.4, -0.2) is 70.0 Å². The number of nitrogens with zero attached hydrogens (tertiary/aromatic N) is 1. The maximum atomic E-state index is 12.8. The number of rotatable bonds is 58. The van der Waals surface area contributed by atoms with E-state index in [1.165, 1.54) is 238 Å². The lowest BCUT2D eigenvalue weighted by molar-refractivity contribution is -0.870. The zero-order chi connectivity index (χ0) is 52.7. The van der Waals surface area contributed by atoms with Crippen molar-refractivity contribution in [2.75, 3.05) is 47.5 Å². The molecule has 0 saturated heterocycles. The lowest BCUT2D eigenvalue weighted by atomic mass is 10.0. The smallest absolute Gasteiger partial charge is 0.306 e. The van der Waals surface area contributed by atoms with Crippen LogP contribution in [0.1, 0.15) is 309 Å². The van der Waals surface area contributed by atoms with Crippen LogP contribution in [0.15, 0.2) is 24.3 Å². The number of allylic oxidation sites excluding steroid dienone is 4. The van der Waals surface area contributed by atoms with Gasteiger partial charge in [-0.15, -0.1) is 0 Å². The topological polar surface area (TPSA) is 111 Å². The summed E-state index contributed by atoms with van der Waals surface area (Å²) in [5.41, 5.74) is 0. The molecule has 426 valence electrons. The summed E-state index contributed by atoms with van der Waals surface area (Å²) < 4.78 is 34.0. The van der Waals surface area contributed by atoms with E-state index in [1.807, 2.05) is 21.1 Å². The second-order valence-electron chi connectivity index (χ2n) is 22.4. The van der Waals surface area contributed by atoms with E-state index in [-0.39, 0.29) is 32.0 Å². The molecule has 10 heteroatoms. The first kappa shape index (κ1) is 70.5. The van der Waals surface area contributed by atoms with E-state index in [0.717, 1.165) is 38.5 Å². The summed E-state index contributed by atoms with van der Waals surface area (Å²) in [4.78, 5) is 37.6. The Bertz CT molecular complexity index is 1270. The number of carbonyl (C=O) groups excluding carboxylic acids is 2. The molecule has 0 aromatic carbocycles. The molecule has 0 amide bonds. The third-order valence-electron chi connectivity index (χ3n) is 14.0. The molecular weight excluding hydrogens is 918 g/mol. The van der Waals surface area contributed by atoms with Crippen molar-refractivity contribution in [3.8, 4) is 0 Å². The molecule has 72 heavy (non-hydrogen) atoms. The van der Waals surface area contributed by atoms with Gasteiger partial charge in [0.2, 0.25) is 0 Å². The molecule has 2 atom stereocenters. The van der Waals surface area contributed by atoms with E-state index in [1.54, 1.807) is 0 Å². The maximum absolute atomic E-state index is 12.8. The van der Waals surface area contributed by atoms with Crippen LogP contribution in [0, 0.1) is 0 Å². The molecule has 9 nitrogen and oxygen atoms in total. The summed E-state index contributed by atoms with van der Waals surface area (Å²) in [5.74, 6) is -0.820. The minimum Gasteiger partial charge on any atom is -0.756 e. The molecule has 0 saturated carbocycles. The Hall–Kier alpha value is -1.51. The van der Waals surface area contributed by atoms with E-state index in [2.05, 4.69) is 38.2 Å². The van der Waals surface area contributed by atoms with Crippen molar-refractivity contribution in [1.82, 2.24) is 0 Å². The van der Waals surface area contributed by atoms with Crippen molar-refractivity contribution in [3.63, 3.8) is 0 Å². The first-order chi connectivity index (χ1) is 35.0. The summed E-state index contributed by atoms with van der Waals surface area (Å²) in [7, 11) is 1.18. The predicted molar refractivity (Wildman–Crippen MR) is 305 cm³/mol. The number of hydrogen-bond donors (Lipinski definition) is 0. The lowest BCUT2D eigenvalue weighted by Gasteiger charge is -2.28. The summed E-state index contributed by atoms with van der Waals surface area (Å²) >= 11 is 0. The van der Waals surface area contributed by atoms with Crippen molar-refractivity contribution in [1.29, 1.82) is 0 Å². The molecule has 0 heterocycles. The quantitative estimate of drug-likeness (QED) is 0.0195. The number of quaternary nitrogens is 1. The summed E-state index contributed by atoms with van der Waals surface area (Å²) in [6.45, 7) is 4.24. The summed E-state index contributed by atoms with van der Waals surface area (Å²) in [6, 6.07) is 0. The zero-order valence-electron chi connectivity index (χ0n) is 48.4. The van der Waals surface area contributed by atoms with E-state index in [9.17, 15) is 19.0 Å². The fraction of sp³-hybridized carbons (Fsp3) is 0.903. The van der Waals surface area contributed by atoms with Gasteiger partial charge in [-0.25, -0.2) is 0 Å². The third-order valence-corrected chi connectivity index (χ3v) is 14.9. The van der Waals surface area contributed by atoms with Gasteiger partial charge in [0, 0.05) is 12.8 Å². The van der Waals surface area contributed by atoms with Crippen LogP contribution in [-0.2, 0) is 32.7 Å². The number of unbranched alkanes of at least 4 members (excludes halogenated alkanes) is 40. The maximum Gasteiger partial charge on any atom is 0.306 e. The number of carbonyl (C=O) groups is 2. The van der Waals surface area contributed by atoms with Crippen LogP contribution in [0.25, 0.3) is 0 Å². The highest BCUT2D eigenvalue weighted by Crippen LogP contribution is 2.38. The Kier molecular flexibility index (Phi) is 53.1. The lowest BCUT2D eigenvalue weighted by Crippen LogP contribution is -2.37. The van der Waals surface area contributed by atoms with Crippen molar-refractivity contribution in [2.45, 2.75) is 315 Å². The molecule has 0 aromatic rings. The third kappa shape index (κ3) is 57.8. The highest BCUT2D eigenvalue weighted by atomic mass is 31.2. The fourth-order valence-corrected chi connectivity index (χ4v) is 9.89. The second-order valence-corrected chi connectivity index (χ2v) is 23.8. The van der Waals surface area contributed by atoms with Crippen LogP contribution in [0.4, 0.5) is 0 Å². The summed E-state index contributed by atoms with van der Waals surface area (Å²) in [5, 5.41) is 0. The van der Waals surface area contributed by atoms with Gasteiger partial charge in [-0.05, 0) is 44.9 Å². The molecule has 2 unspecified atom stereocenters. The zero-order valence-corrected chi connectivity index (χ0v) is 49.3. The van der Waals surface area contributed by atoms with E-state index in [4.69, 9.17) is 18.5 Å². The summed E-state index contributed by atoms with van der Waals surface area (Å²) in [6.07, 6.45) is 65.7. The van der Waals surface area contributed by atoms with E-state index < -0.39 is 26.5 Å². The first-order valence-electron chi connectivity index (χ1n) is 31.0. The predicted octanol–water partition coefficient (Wildman–Crippen LogP) is 18.7. The van der Waals surface area contributed by atoms with Gasteiger partial charge >= 0.3 is 11.9 Å². The minimum atomic E-state index is -4.62. The van der Waals surface area contributed by atoms with Crippen LogP contribution < -0.4 is 4.89 Å². The highest BCUT2D eigenvalue weighted by molar-refractivity contribution is 7.45. The molecule has 0 aliphatic heterocycles. The molecule has 0 spiro atoms. The van der Waals surface area contributed by atoms with Gasteiger partial charge in [-0.2, -0.15) is 0 Å². The van der Waals surface area contributed by atoms with Crippen molar-refractivity contribution >= 4 is 19.8 Å². The van der Waals surface area contributed by atoms with Gasteiger partial charge in [0.25, 0.3) is 7.82 Å². The molecule has 0 rings (SSSR count). The van der Waals surface area contributed by atoms with E-state index in [0.29, 0.717) is 17.4 Å². The van der Waals surface area contributed by atoms with Gasteiger partial charge in [0.05, 0.1) is 27.7 Å². The highest BCUT2D eigenvalue weighted by Gasteiger charge is 2.22. The number of esters is 2. The molecule has 0 bridgehead atoms. The minimum absolute atomic E-state index is 0.0268. The molecule has 0 aromatic heterocycles. The standard InChI is InChI=1S/C62H120NO8P/c1-6-8-10-12-14-16-17-18-19-20-21-22-23-24-25-26-27-28-29-30-31-32-33-34-35-36-37-38-39-40-41-42-43-44-45-47-49-51-53-55-62(65)71-60(59-70-72(66,67)69-57-56-63(3,4)5)58-68-61(64)54-52-50-48-46-15-13-11-9-7-2/h17-18,20-21,60H,6-16,19,22-59H2,1-5H3/b18-17-,21-20-. The SMILES string of the molecule is CCCCCCC/C=C\C/C=C\CCCCCCCCCCCCCCCCCCCCCCCCCCCCCC(=O)OC(COC(=O)CCCCCCCCCCC)COP(=O)([O-])OCC[N+](C)(C)C. The van der Waals surface area contributed by atoms with Gasteiger partial charge < -0.3 is 27.9 Å².